The van der Waals surface area contributed by atoms with Crippen molar-refractivity contribution >= 4 is 10.8 Å². The van der Waals surface area contributed by atoms with Gasteiger partial charge in [-0.1, -0.05) is 27.7 Å². The fourth-order valence-corrected chi connectivity index (χ4v) is 5.15. The minimum absolute atomic E-state index is 0.0271. The Bertz CT molecular complexity index is 1770. The standard InChI is InChI=1S/C28H26O8/c1-9(2)17-21-13(7-15(29)27(17)35)25(33)19(11(5)23(21)31)20-12(6)24(32)22-14(26(20)34)8-16(30)28(36)18(22)10(3)4/h7-10,29,31,33,35H,1-6H3. The molecule has 0 aromatic heterocycles. The van der Waals surface area contributed by atoms with Crippen LogP contribution in [0, 0.1) is 13.8 Å². The number of hydrogen-bond acceptors (Lipinski definition) is 8. The summed E-state index contributed by atoms with van der Waals surface area (Å²) in [6.45, 7) is 9.59. The molecule has 0 radical (unpaired) electrons. The fourth-order valence-electron chi connectivity index (χ4n) is 5.15. The van der Waals surface area contributed by atoms with Crippen LogP contribution in [0.3, 0.4) is 0 Å². The van der Waals surface area contributed by atoms with Gasteiger partial charge in [0.05, 0.1) is 0 Å². The molecule has 8 heteroatoms. The van der Waals surface area contributed by atoms with Crippen LogP contribution in [-0.4, -0.2) is 20.4 Å². The minimum Gasteiger partial charge on any atom is -0.507 e. The first-order valence-corrected chi connectivity index (χ1v) is 11.5. The molecule has 2 aromatic rings. The summed E-state index contributed by atoms with van der Waals surface area (Å²) in [7, 11) is 0. The Hall–Kier alpha value is -4.20. The van der Waals surface area contributed by atoms with Crippen molar-refractivity contribution in [3.8, 4) is 45.3 Å². The van der Waals surface area contributed by atoms with Gasteiger partial charge in [-0.25, -0.2) is 0 Å². The average Bonchev–Trinajstić information content (AvgIpc) is 2.80. The molecule has 4 rings (SSSR count). The van der Waals surface area contributed by atoms with Gasteiger partial charge in [0.1, 0.15) is 11.5 Å². The largest absolute Gasteiger partial charge is 0.507 e. The summed E-state index contributed by atoms with van der Waals surface area (Å²) in [5, 5.41) is 43.3. The maximum atomic E-state index is 13.7. The van der Waals surface area contributed by atoms with E-state index in [1.807, 2.05) is 0 Å². The Morgan fingerprint density at radius 1 is 0.611 bits per heavy atom. The number of aromatic hydroxyl groups is 4. The van der Waals surface area contributed by atoms with Crippen LogP contribution in [0.2, 0.25) is 0 Å². The van der Waals surface area contributed by atoms with Crippen LogP contribution in [0.4, 0.5) is 0 Å². The highest BCUT2D eigenvalue weighted by Gasteiger charge is 2.31. The fraction of sp³-hybridized carbons (Fsp3) is 0.286. The molecule has 0 fully saturated rings. The lowest BCUT2D eigenvalue weighted by molar-refractivity contribution is 0.398. The van der Waals surface area contributed by atoms with Gasteiger partial charge in [-0.05, 0) is 31.7 Å². The molecule has 0 saturated carbocycles. The van der Waals surface area contributed by atoms with Crippen LogP contribution in [-0.2, 0) is 0 Å². The molecular formula is C28H26O8. The Morgan fingerprint density at radius 2 is 1.19 bits per heavy atom. The van der Waals surface area contributed by atoms with E-state index in [4.69, 9.17) is 0 Å². The average molecular weight is 491 g/mol. The predicted molar refractivity (Wildman–Crippen MR) is 138 cm³/mol. The normalized spacial score (nSPS) is 11.9. The maximum absolute atomic E-state index is 13.7. The third kappa shape index (κ3) is 3.21. The van der Waals surface area contributed by atoms with Crippen LogP contribution in [0.5, 0.6) is 23.0 Å². The Morgan fingerprint density at radius 3 is 1.75 bits per heavy atom. The van der Waals surface area contributed by atoms with Crippen molar-refractivity contribution in [2.24, 2.45) is 0 Å². The summed E-state index contributed by atoms with van der Waals surface area (Å²) in [5.74, 6) is -2.64. The number of phenolic OH excluding ortho intramolecular Hbond substituents is 4. The van der Waals surface area contributed by atoms with Gasteiger partial charge in [0, 0.05) is 61.3 Å². The molecular weight excluding hydrogens is 464 g/mol. The van der Waals surface area contributed by atoms with Crippen molar-refractivity contribution in [1.82, 2.24) is 0 Å². The zero-order valence-electron chi connectivity index (χ0n) is 20.7. The van der Waals surface area contributed by atoms with Crippen molar-refractivity contribution in [1.29, 1.82) is 0 Å². The topological polar surface area (TPSA) is 149 Å². The number of benzene rings is 4. The zero-order valence-corrected chi connectivity index (χ0v) is 20.7. The van der Waals surface area contributed by atoms with Crippen molar-refractivity contribution in [2.45, 2.75) is 53.4 Å². The third-order valence-electron chi connectivity index (χ3n) is 6.88. The van der Waals surface area contributed by atoms with Crippen molar-refractivity contribution < 1.29 is 20.4 Å². The van der Waals surface area contributed by atoms with E-state index in [-0.39, 0.29) is 66.9 Å². The number of phenols is 4. The molecule has 0 amide bonds. The Labute approximate surface area is 205 Å². The molecule has 0 bridgehead atoms. The molecule has 0 aliphatic heterocycles. The van der Waals surface area contributed by atoms with Crippen molar-refractivity contribution in [3.05, 3.63) is 75.3 Å². The van der Waals surface area contributed by atoms with Crippen molar-refractivity contribution in [2.75, 3.05) is 0 Å². The summed E-state index contributed by atoms with van der Waals surface area (Å²) in [4.78, 5) is 52.1. The lowest BCUT2D eigenvalue weighted by Crippen LogP contribution is -2.35. The summed E-state index contributed by atoms with van der Waals surface area (Å²) in [6.07, 6.45) is 0. The van der Waals surface area contributed by atoms with Gasteiger partial charge in [-0.2, -0.15) is 0 Å². The molecule has 2 aliphatic carbocycles. The second-order valence-corrected chi connectivity index (χ2v) is 9.79. The van der Waals surface area contributed by atoms with E-state index in [0.717, 1.165) is 12.1 Å². The lowest BCUT2D eigenvalue weighted by atomic mass is 9.82. The van der Waals surface area contributed by atoms with Gasteiger partial charge in [-0.3, -0.25) is 19.2 Å². The highest BCUT2D eigenvalue weighted by Crippen LogP contribution is 2.51. The first-order chi connectivity index (χ1) is 16.7. The highest BCUT2D eigenvalue weighted by atomic mass is 16.3. The van der Waals surface area contributed by atoms with Crippen molar-refractivity contribution in [3.63, 3.8) is 0 Å². The number of fused-ring (bicyclic) bond motifs is 2. The van der Waals surface area contributed by atoms with E-state index in [0.29, 0.717) is 0 Å². The smallest absolute Gasteiger partial charge is 0.229 e. The Kier molecular flexibility index (Phi) is 5.66. The van der Waals surface area contributed by atoms with Crippen LogP contribution < -0.4 is 21.7 Å². The summed E-state index contributed by atoms with van der Waals surface area (Å²) in [6, 6.07) is 1.92. The van der Waals surface area contributed by atoms with Gasteiger partial charge < -0.3 is 20.4 Å². The molecule has 36 heavy (non-hydrogen) atoms. The van der Waals surface area contributed by atoms with Gasteiger partial charge in [0.2, 0.25) is 10.9 Å². The first-order valence-electron chi connectivity index (χ1n) is 11.5. The Balaban J connectivity index is 2.29. The second kappa shape index (κ2) is 8.19. The molecule has 0 unspecified atom stereocenters. The minimum atomic E-state index is -0.915. The van der Waals surface area contributed by atoms with Gasteiger partial charge in [0.25, 0.3) is 0 Å². The molecule has 2 aliphatic rings. The molecule has 8 nitrogen and oxygen atoms in total. The van der Waals surface area contributed by atoms with Gasteiger partial charge in [0.15, 0.2) is 22.4 Å². The number of rotatable bonds is 3. The molecule has 4 N–H and O–H groups in total. The second-order valence-electron chi connectivity index (χ2n) is 9.79. The summed E-state index contributed by atoms with van der Waals surface area (Å²) >= 11 is 0. The van der Waals surface area contributed by atoms with E-state index < -0.39 is 44.9 Å². The van der Waals surface area contributed by atoms with E-state index in [1.54, 1.807) is 27.7 Å². The molecule has 0 saturated heterocycles. The van der Waals surface area contributed by atoms with Crippen LogP contribution in [0.25, 0.3) is 33.0 Å². The lowest BCUT2D eigenvalue weighted by Gasteiger charge is -2.21. The molecule has 2 aromatic carbocycles. The SMILES string of the molecule is Cc1c(-c2c(C)c(=O)c3c(C(C)C)c(=O)c(=O)cc-3c2=O)c(O)c2cc(O)c(O)c(C(C)C)c2c1O. The molecule has 186 valence electrons. The first kappa shape index (κ1) is 24.9. The molecule has 0 heterocycles. The summed E-state index contributed by atoms with van der Waals surface area (Å²) in [5.41, 5.74) is -3.64. The number of hydrogen-bond donors (Lipinski definition) is 4. The van der Waals surface area contributed by atoms with Crippen LogP contribution in [0.15, 0.2) is 31.3 Å². The van der Waals surface area contributed by atoms with Crippen LogP contribution >= 0.6 is 0 Å². The molecule has 0 atom stereocenters. The van der Waals surface area contributed by atoms with E-state index in [2.05, 4.69) is 0 Å². The third-order valence-corrected chi connectivity index (χ3v) is 6.88. The molecule has 0 spiro atoms. The zero-order chi connectivity index (χ0) is 27.0. The quantitative estimate of drug-likeness (QED) is 0.193. The van der Waals surface area contributed by atoms with Gasteiger partial charge >= 0.3 is 0 Å². The highest BCUT2D eigenvalue weighted by molar-refractivity contribution is 6.05. The van der Waals surface area contributed by atoms with E-state index in [1.165, 1.54) is 13.8 Å². The summed E-state index contributed by atoms with van der Waals surface area (Å²) < 4.78 is 0. The van der Waals surface area contributed by atoms with E-state index >= 15 is 0 Å². The van der Waals surface area contributed by atoms with E-state index in [9.17, 15) is 39.6 Å². The van der Waals surface area contributed by atoms with Crippen LogP contribution in [0.1, 0.15) is 61.8 Å². The monoisotopic (exact) mass is 490 g/mol. The van der Waals surface area contributed by atoms with Gasteiger partial charge in [-0.15, -0.1) is 0 Å². The predicted octanol–water partition coefficient (Wildman–Crippen LogP) is 3.61. The maximum Gasteiger partial charge on any atom is 0.229 e.